The van der Waals surface area contributed by atoms with E-state index in [1.807, 2.05) is 12.2 Å². The monoisotopic (exact) mass is 240 g/mol. The van der Waals surface area contributed by atoms with Gasteiger partial charge in [-0.1, -0.05) is 19.1 Å². The van der Waals surface area contributed by atoms with Crippen LogP contribution in [0.3, 0.4) is 0 Å². The molecular formula is C13H20O4. The summed E-state index contributed by atoms with van der Waals surface area (Å²) in [4.78, 5) is 22.3. The minimum absolute atomic E-state index is 0.0724. The van der Waals surface area contributed by atoms with Gasteiger partial charge in [-0.15, -0.1) is 0 Å². The van der Waals surface area contributed by atoms with Crippen LogP contribution >= 0.6 is 0 Å². The number of esters is 1. The summed E-state index contributed by atoms with van der Waals surface area (Å²) in [5.74, 6) is -0.505. The minimum Gasteiger partial charge on any atom is -0.466 e. The molecule has 0 amide bonds. The third kappa shape index (κ3) is 5.63. The van der Waals surface area contributed by atoms with E-state index < -0.39 is 5.97 Å². The first kappa shape index (κ1) is 13.9. The lowest BCUT2D eigenvalue weighted by Crippen LogP contribution is -2.10. The maximum atomic E-state index is 11.3. The lowest BCUT2D eigenvalue weighted by atomic mass is 10.1. The van der Waals surface area contributed by atoms with Crippen LogP contribution in [-0.2, 0) is 19.1 Å². The summed E-state index contributed by atoms with van der Waals surface area (Å²) in [5.41, 5.74) is 0. The highest BCUT2D eigenvalue weighted by molar-refractivity contribution is 5.95. The summed E-state index contributed by atoms with van der Waals surface area (Å²) in [5, 5.41) is 0. The molecule has 1 saturated heterocycles. The lowest BCUT2D eigenvalue weighted by Gasteiger charge is -1.99. The van der Waals surface area contributed by atoms with Gasteiger partial charge >= 0.3 is 5.97 Å². The van der Waals surface area contributed by atoms with Gasteiger partial charge in [-0.05, 0) is 19.8 Å². The van der Waals surface area contributed by atoms with Crippen molar-refractivity contribution in [2.45, 2.75) is 51.7 Å². The van der Waals surface area contributed by atoms with Crippen molar-refractivity contribution in [1.82, 2.24) is 0 Å². The maximum Gasteiger partial charge on any atom is 0.313 e. The van der Waals surface area contributed by atoms with E-state index in [0.717, 1.165) is 6.42 Å². The van der Waals surface area contributed by atoms with Gasteiger partial charge in [0.25, 0.3) is 0 Å². The Morgan fingerprint density at radius 2 is 2.12 bits per heavy atom. The molecule has 0 saturated carbocycles. The highest BCUT2D eigenvalue weighted by Crippen LogP contribution is 2.26. The molecule has 1 aliphatic heterocycles. The molecule has 0 aromatic rings. The number of carbonyl (C=O) groups excluding carboxylic acids is 2. The van der Waals surface area contributed by atoms with Crippen LogP contribution < -0.4 is 0 Å². The van der Waals surface area contributed by atoms with E-state index in [4.69, 9.17) is 9.47 Å². The van der Waals surface area contributed by atoms with Gasteiger partial charge in [-0.2, -0.15) is 0 Å². The molecule has 1 aliphatic rings. The van der Waals surface area contributed by atoms with Crippen molar-refractivity contribution in [3.05, 3.63) is 12.2 Å². The molecule has 0 aromatic heterocycles. The Bertz CT molecular complexity index is 296. The van der Waals surface area contributed by atoms with Crippen molar-refractivity contribution >= 4 is 11.8 Å². The van der Waals surface area contributed by atoms with Crippen molar-refractivity contribution in [2.24, 2.45) is 0 Å². The number of ether oxygens (including phenoxy) is 2. The molecule has 0 radical (unpaired) electrons. The third-order valence-electron chi connectivity index (χ3n) is 2.59. The second kappa shape index (κ2) is 7.22. The number of carbonyl (C=O) groups is 2. The molecule has 96 valence electrons. The van der Waals surface area contributed by atoms with Crippen LogP contribution in [0, 0.1) is 0 Å². The van der Waals surface area contributed by atoms with Gasteiger partial charge in [0.1, 0.15) is 18.3 Å². The topological polar surface area (TPSA) is 55.9 Å². The van der Waals surface area contributed by atoms with Crippen LogP contribution in [0.25, 0.3) is 0 Å². The van der Waals surface area contributed by atoms with Crippen LogP contribution in [0.2, 0.25) is 0 Å². The summed E-state index contributed by atoms with van der Waals surface area (Å²) in [6.07, 6.45) is 6.50. The molecule has 4 nitrogen and oxygen atoms in total. The zero-order valence-corrected chi connectivity index (χ0v) is 10.5. The number of ketones is 1. The number of epoxide rings is 1. The van der Waals surface area contributed by atoms with E-state index in [-0.39, 0.29) is 18.3 Å². The van der Waals surface area contributed by atoms with Crippen molar-refractivity contribution in [2.75, 3.05) is 6.61 Å². The Morgan fingerprint density at radius 1 is 1.35 bits per heavy atom. The molecule has 0 aliphatic carbocycles. The quantitative estimate of drug-likeness (QED) is 0.282. The Hall–Kier alpha value is -1.16. The lowest BCUT2D eigenvalue weighted by molar-refractivity contribution is -0.145. The summed E-state index contributed by atoms with van der Waals surface area (Å²) in [6, 6.07) is 0. The minimum atomic E-state index is -0.432. The van der Waals surface area contributed by atoms with Crippen LogP contribution in [0.1, 0.15) is 39.5 Å². The fourth-order valence-corrected chi connectivity index (χ4v) is 1.59. The Balaban J connectivity index is 2.06. The van der Waals surface area contributed by atoms with Crippen molar-refractivity contribution in [3.8, 4) is 0 Å². The van der Waals surface area contributed by atoms with Gasteiger partial charge in [0.05, 0.1) is 12.7 Å². The van der Waals surface area contributed by atoms with Gasteiger partial charge in [0.2, 0.25) is 0 Å². The molecule has 17 heavy (non-hydrogen) atoms. The zero-order valence-electron chi connectivity index (χ0n) is 10.5. The largest absolute Gasteiger partial charge is 0.466 e. The highest BCUT2D eigenvalue weighted by Gasteiger charge is 2.33. The summed E-state index contributed by atoms with van der Waals surface area (Å²) in [7, 11) is 0. The number of rotatable bonds is 8. The van der Waals surface area contributed by atoms with Gasteiger partial charge in [0, 0.05) is 6.42 Å². The highest BCUT2D eigenvalue weighted by atomic mass is 16.6. The van der Waals surface area contributed by atoms with E-state index in [9.17, 15) is 9.59 Å². The third-order valence-corrected chi connectivity index (χ3v) is 2.59. The first-order valence-electron chi connectivity index (χ1n) is 6.16. The van der Waals surface area contributed by atoms with Gasteiger partial charge in [-0.3, -0.25) is 9.59 Å². The number of hydrogen-bond acceptors (Lipinski definition) is 4. The van der Waals surface area contributed by atoms with E-state index >= 15 is 0 Å². The molecule has 0 N–H and O–H groups in total. The standard InChI is InChI=1S/C13H20O4/c1-3-11-12(17-11)8-6-5-7-10(14)9-13(15)16-4-2/h6,8,11-12H,3-5,7,9H2,1-2H3/t11-,12+/m1/s1. The summed E-state index contributed by atoms with van der Waals surface area (Å²) in [6.45, 7) is 4.13. The van der Waals surface area contributed by atoms with Crippen LogP contribution in [-0.4, -0.2) is 30.6 Å². The number of Topliss-reactive ketones (excluding diaryl/α,β-unsaturated/α-hetero) is 1. The average molecular weight is 240 g/mol. The van der Waals surface area contributed by atoms with Crippen molar-refractivity contribution in [1.29, 1.82) is 0 Å². The van der Waals surface area contributed by atoms with Crippen LogP contribution in [0.15, 0.2) is 12.2 Å². The first-order valence-corrected chi connectivity index (χ1v) is 6.16. The normalized spacial score (nSPS) is 22.7. The van der Waals surface area contributed by atoms with Gasteiger partial charge in [0.15, 0.2) is 0 Å². The second-order valence-corrected chi connectivity index (χ2v) is 4.03. The molecule has 1 heterocycles. The van der Waals surface area contributed by atoms with Crippen LogP contribution in [0.4, 0.5) is 0 Å². The second-order valence-electron chi connectivity index (χ2n) is 4.03. The van der Waals surface area contributed by atoms with Gasteiger partial charge in [-0.25, -0.2) is 0 Å². The molecule has 2 atom stereocenters. The fourth-order valence-electron chi connectivity index (χ4n) is 1.59. The molecule has 0 unspecified atom stereocenters. The van der Waals surface area contributed by atoms with E-state index in [0.29, 0.717) is 25.6 Å². The Labute approximate surface area is 102 Å². The molecule has 1 rings (SSSR count). The molecule has 1 fully saturated rings. The van der Waals surface area contributed by atoms with Crippen molar-refractivity contribution < 1.29 is 19.1 Å². The SMILES string of the molecule is CCOC(=O)CC(=O)CCC=C[C@@H]1O[C@@H]1CC. The van der Waals surface area contributed by atoms with Crippen molar-refractivity contribution in [3.63, 3.8) is 0 Å². The number of allylic oxidation sites excluding steroid dienone is 1. The Kier molecular flexibility index (Phi) is 5.91. The average Bonchev–Trinajstić information content (AvgIpc) is 3.03. The predicted octanol–water partition coefficient (Wildman–Crippen LogP) is 2.02. The van der Waals surface area contributed by atoms with E-state index in [1.165, 1.54) is 0 Å². The molecule has 4 heteroatoms. The Morgan fingerprint density at radius 3 is 2.71 bits per heavy atom. The van der Waals surface area contributed by atoms with Gasteiger partial charge < -0.3 is 9.47 Å². The van der Waals surface area contributed by atoms with E-state index in [1.54, 1.807) is 6.92 Å². The number of hydrogen-bond donors (Lipinski definition) is 0. The zero-order chi connectivity index (χ0) is 12.7. The smallest absolute Gasteiger partial charge is 0.313 e. The van der Waals surface area contributed by atoms with E-state index in [2.05, 4.69) is 6.92 Å². The molecular weight excluding hydrogens is 220 g/mol. The molecule has 0 spiro atoms. The first-order chi connectivity index (χ1) is 8.17. The summed E-state index contributed by atoms with van der Waals surface area (Å²) < 4.78 is 10.0. The predicted molar refractivity (Wildman–Crippen MR) is 63.6 cm³/mol. The molecule has 0 bridgehead atoms. The maximum absolute atomic E-state index is 11.3. The summed E-state index contributed by atoms with van der Waals surface area (Å²) >= 11 is 0. The fraction of sp³-hybridized carbons (Fsp3) is 0.692. The molecule has 0 aromatic carbocycles. The van der Waals surface area contributed by atoms with Crippen LogP contribution in [0.5, 0.6) is 0 Å².